The zero-order chi connectivity index (χ0) is 17.9. The van der Waals surface area contributed by atoms with Crippen molar-refractivity contribution in [3.05, 3.63) is 42.0 Å². The number of benzene rings is 1. The minimum absolute atomic E-state index is 0.426. The first-order valence-electron chi connectivity index (χ1n) is 9.75. The van der Waals surface area contributed by atoms with Crippen LogP contribution in [0.15, 0.2) is 42.0 Å². The summed E-state index contributed by atoms with van der Waals surface area (Å²) in [4.78, 5) is 11.6. The van der Waals surface area contributed by atoms with Crippen LogP contribution in [-0.4, -0.2) is 12.8 Å². The van der Waals surface area contributed by atoms with Crippen LogP contribution in [0.1, 0.15) is 65.2 Å². The summed E-state index contributed by atoms with van der Waals surface area (Å²) in [6, 6.07) is 9.02. The molecule has 25 heavy (non-hydrogen) atoms. The van der Waals surface area contributed by atoms with Crippen molar-refractivity contribution in [3.63, 3.8) is 0 Å². The zero-order valence-corrected chi connectivity index (χ0v) is 15.7. The highest BCUT2D eigenvalue weighted by Crippen LogP contribution is 2.31. The summed E-state index contributed by atoms with van der Waals surface area (Å²) in [5.74, 6) is 2.26. The third-order valence-electron chi connectivity index (χ3n) is 5.10. The van der Waals surface area contributed by atoms with Gasteiger partial charge in [0.1, 0.15) is 5.75 Å². The van der Waals surface area contributed by atoms with Gasteiger partial charge in [0.25, 0.3) is 0 Å². The number of hydrogen-bond acceptors (Lipinski definition) is 3. The Morgan fingerprint density at radius 3 is 2.72 bits per heavy atom. The van der Waals surface area contributed by atoms with E-state index < -0.39 is 6.16 Å². The van der Waals surface area contributed by atoms with Crippen molar-refractivity contribution in [1.82, 2.24) is 0 Å². The summed E-state index contributed by atoms with van der Waals surface area (Å²) in [6.07, 6.45) is 11.4. The molecule has 0 fully saturated rings. The summed E-state index contributed by atoms with van der Waals surface area (Å²) in [5.41, 5.74) is 1.59. The summed E-state index contributed by atoms with van der Waals surface area (Å²) in [5, 5.41) is 0. The first-order valence-corrected chi connectivity index (χ1v) is 9.75. The fraction of sp³-hybridized carbons (Fsp3) is 0.591. The maximum Gasteiger partial charge on any atom is 0.513 e. The van der Waals surface area contributed by atoms with Gasteiger partial charge in [-0.3, -0.25) is 0 Å². The van der Waals surface area contributed by atoms with E-state index in [0.717, 1.165) is 31.1 Å². The first-order chi connectivity index (χ1) is 12.2. The Balaban J connectivity index is 1.54. The molecular weight excluding hydrogens is 312 g/mol. The second-order valence-electron chi connectivity index (χ2n) is 7.22. The molecule has 0 aromatic heterocycles. The second kappa shape index (κ2) is 11.0. The van der Waals surface area contributed by atoms with Crippen LogP contribution in [0.3, 0.4) is 0 Å². The van der Waals surface area contributed by atoms with Gasteiger partial charge in [0.2, 0.25) is 0 Å². The monoisotopic (exact) mass is 344 g/mol. The molecule has 2 rings (SSSR count). The molecule has 1 aromatic carbocycles. The normalized spacial score (nSPS) is 18.3. The maximum absolute atomic E-state index is 11.6. The Hall–Kier alpha value is -1.77. The summed E-state index contributed by atoms with van der Waals surface area (Å²) < 4.78 is 10.2. The fourth-order valence-corrected chi connectivity index (χ4v) is 3.34. The van der Waals surface area contributed by atoms with Gasteiger partial charge in [-0.1, -0.05) is 50.1 Å². The van der Waals surface area contributed by atoms with Gasteiger partial charge in [0.05, 0.1) is 6.61 Å². The molecule has 138 valence electrons. The van der Waals surface area contributed by atoms with E-state index in [-0.39, 0.29) is 0 Å². The third-order valence-corrected chi connectivity index (χ3v) is 5.10. The lowest BCUT2D eigenvalue weighted by atomic mass is 9.82. The Bertz CT molecular complexity index is 535. The maximum atomic E-state index is 11.6. The Kier molecular flexibility index (Phi) is 8.58. The molecule has 0 N–H and O–H groups in total. The standard InChI is InChI=1S/C22H32O3/c1-3-18(2)17-20-14-12-19(13-15-20)9-7-8-16-24-22(23)25-21-10-5-4-6-11-21/h4-6,10-12,18,20H,3,7-9,13-17H2,1-2H3. The molecule has 1 aliphatic rings. The number of carbonyl (C=O) groups is 1. The lowest BCUT2D eigenvalue weighted by Crippen LogP contribution is -2.12. The second-order valence-corrected chi connectivity index (χ2v) is 7.22. The molecule has 0 saturated heterocycles. The molecule has 0 spiro atoms. The molecule has 1 aliphatic carbocycles. The average Bonchev–Trinajstić information content (AvgIpc) is 2.63. The minimum atomic E-state index is -0.615. The SMILES string of the molecule is CCC(C)CC1CC=C(CCCCOC(=O)Oc2ccccc2)CC1. The molecule has 0 heterocycles. The van der Waals surface area contributed by atoms with Crippen molar-refractivity contribution in [3.8, 4) is 5.75 Å². The van der Waals surface area contributed by atoms with Crippen molar-refractivity contribution in [2.75, 3.05) is 6.61 Å². The van der Waals surface area contributed by atoms with Crippen LogP contribution >= 0.6 is 0 Å². The lowest BCUT2D eigenvalue weighted by molar-refractivity contribution is 0.0975. The highest BCUT2D eigenvalue weighted by molar-refractivity contribution is 5.63. The van der Waals surface area contributed by atoms with Crippen LogP contribution in [0, 0.1) is 11.8 Å². The summed E-state index contributed by atoms with van der Waals surface area (Å²) in [7, 11) is 0. The van der Waals surface area contributed by atoms with Crippen LogP contribution in [0.5, 0.6) is 5.75 Å². The van der Waals surface area contributed by atoms with Crippen LogP contribution < -0.4 is 4.74 Å². The van der Waals surface area contributed by atoms with Gasteiger partial charge in [-0.25, -0.2) is 4.79 Å². The highest BCUT2D eigenvalue weighted by Gasteiger charge is 2.16. The lowest BCUT2D eigenvalue weighted by Gasteiger charge is -2.24. The van der Waals surface area contributed by atoms with E-state index in [9.17, 15) is 4.79 Å². The van der Waals surface area contributed by atoms with Gasteiger partial charge >= 0.3 is 6.16 Å². The first kappa shape index (κ1) is 19.6. The number of allylic oxidation sites excluding steroid dienone is 2. The van der Waals surface area contributed by atoms with Crippen molar-refractivity contribution in [2.24, 2.45) is 11.8 Å². The molecule has 3 heteroatoms. The highest BCUT2D eigenvalue weighted by atomic mass is 16.7. The topological polar surface area (TPSA) is 35.5 Å². The van der Waals surface area contributed by atoms with E-state index in [1.54, 1.807) is 17.7 Å². The predicted molar refractivity (Wildman–Crippen MR) is 102 cm³/mol. The number of unbranched alkanes of at least 4 members (excludes halogenated alkanes) is 1. The molecule has 0 aliphatic heterocycles. The van der Waals surface area contributed by atoms with Gasteiger partial charge < -0.3 is 9.47 Å². The molecule has 2 atom stereocenters. The number of hydrogen-bond donors (Lipinski definition) is 0. The molecule has 1 aromatic rings. The molecule has 0 amide bonds. The van der Waals surface area contributed by atoms with Gasteiger partial charge in [0, 0.05) is 0 Å². The Morgan fingerprint density at radius 2 is 2.04 bits per heavy atom. The molecule has 2 unspecified atom stereocenters. The molecular formula is C22H32O3. The van der Waals surface area contributed by atoms with E-state index >= 15 is 0 Å². The van der Waals surface area contributed by atoms with Crippen LogP contribution in [0.25, 0.3) is 0 Å². The van der Waals surface area contributed by atoms with E-state index in [1.165, 1.54) is 32.1 Å². The average molecular weight is 344 g/mol. The third kappa shape index (κ3) is 7.76. The largest absolute Gasteiger partial charge is 0.513 e. The smallest absolute Gasteiger partial charge is 0.434 e. The van der Waals surface area contributed by atoms with Gasteiger partial charge in [-0.15, -0.1) is 0 Å². The number of ether oxygens (including phenoxy) is 2. The van der Waals surface area contributed by atoms with Gasteiger partial charge in [-0.05, 0) is 68.9 Å². The quantitative estimate of drug-likeness (QED) is 0.221. The molecule has 3 nitrogen and oxygen atoms in total. The van der Waals surface area contributed by atoms with Crippen molar-refractivity contribution >= 4 is 6.16 Å². The summed E-state index contributed by atoms with van der Waals surface area (Å²) in [6.45, 7) is 5.07. The van der Waals surface area contributed by atoms with E-state index in [4.69, 9.17) is 9.47 Å². The van der Waals surface area contributed by atoms with Crippen molar-refractivity contribution in [2.45, 2.75) is 65.2 Å². The summed E-state index contributed by atoms with van der Waals surface area (Å²) >= 11 is 0. The molecule has 0 radical (unpaired) electrons. The number of carbonyl (C=O) groups excluding carboxylic acids is 1. The predicted octanol–water partition coefficient (Wildman–Crippen LogP) is 6.54. The van der Waals surface area contributed by atoms with Crippen LogP contribution in [-0.2, 0) is 4.74 Å². The number of para-hydroxylation sites is 1. The van der Waals surface area contributed by atoms with E-state index in [2.05, 4.69) is 19.9 Å². The van der Waals surface area contributed by atoms with E-state index in [0.29, 0.717) is 12.4 Å². The number of rotatable bonds is 9. The zero-order valence-electron chi connectivity index (χ0n) is 15.7. The van der Waals surface area contributed by atoms with Crippen molar-refractivity contribution in [1.29, 1.82) is 0 Å². The molecule has 0 saturated carbocycles. The Labute approximate surface area is 152 Å². The van der Waals surface area contributed by atoms with Crippen LogP contribution in [0.2, 0.25) is 0 Å². The fourth-order valence-electron chi connectivity index (χ4n) is 3.34. The van der Waals surface area contributed by atoms with Crippen LogP contribution in [0.4, 0.5) is 4.79 Å². The Morgan fingerprint density at radius 1 is 1.24 bits per heavy atom. The molecule has 0 bridgehead atoms. The van der Waals surface area contributed by atoms with E-state index in [1.807, 2.05) is 18.2 Å². The van der Waals surface area contributed by atoms with Gasteiger partial charge in [0.15, 0.2) is 0 Å². The van der Waals surface area contributed by atoms with Gasteiger partial charge in [-0.2, -0.15) is 0 Å². The minimum Gasteiger partial charge on any atom is -0.434 e. The van der Waals surface area contributed by atoms with Crippen molar-refractivity contribution < 1.29 is 14.3 Å².